The fourth-order valence-electron chi connectivity index (χ4n) is 1.94. The summed E-state index contributed by atoms with van der Waals surface area (Å²) >= 11 is 0. The van der Waals surface area contributed by atoms with E-state index in [-0.39, 0.29) is 0 Å². The average molecular weight is 206 g/mol. The quantitative estimate of drug-likeness (QED) is 0.818. The van der Waals surface area contributed by atoms with Gasteiger partial charge in [-0.2, -0.15) is 0 Å². The van der Waals surface area contributed by atoms with Crippen molar-refractivity contribution in [2.45, 2.75) is 20.3 Å². The molecule has 0 spiro atoms. The summed E-state index contributed by atoms with van der Waals surface area (Å²) in [5.74, 6) is 2.75. The fourth-order valence-corrected chi connectivity index (χ4v) is 1.94. The van der Waals surface area contributed by atoms with Crippen LogP contribution >= 0.6 is 0 Å². The van der Waals surface area contributed by atoms with Gasteiger partial charge in [-0.1, -0.05) is 6.92 Å². The molecule has 1 aliphatic heterocycles. The van der Waals surface area contributed by atoms with Crippen molar-refractivity contribution in [3.63, 3.8) is 0 Å². The van der Waals surface area contributed by atoms with Crippen molar-refractivity contribution in [3.05, 3.63) is 12.4 Å². The van der Waals surface area contributed by atoms with Crippen LogP contribution in [0.4, 0.5) is 11.6 Å². The first-order valence-electron chi connectivity index (χ1n) is 5.60. The summed E-state index contributed by atoms with van der Waals surface area (Å²) in [5.41, 5.74) is 0. The molecule has 0 aromatic carbocycles. The Kier molecular flexibility index (Phi) is 3.04. The SMILES string of the molecule is CCNc1cc(N2CCC(C)C2)ncn1. The number of rotatable bonds is 3. The van der Waals surface area contributed by atoms with Crippen LogP contribution in [0.5, 0.6) is 0 Å². The summed E-state index contributed by atoms with van der Waals surface area (Å²) in [6, 6.07) is 2.03. The second-order valence-electron chi connectivity index (χ2n) is 4.13. The number of hydrogen-bond acceptors (Lipinski definition) is 4. The largest absolute Gasteiger partial charge is 0.370 e. The van der Waals surface area contributed by atoms with Crippen LogP contribution in [0.1, 0.15) is 20.3 Å². The van der Waals surface area contributed by atoms with Crippen LogP contribution in [0, 0.1) is 5.92 Å². The fraction of sp³-hybridized carbons (Fsp3) is 0.636. The van der Waals surface area contributed by atoms with E-state index in [0.29, 0.717) is 0 Å². The Morgan fingerprint density at radius 2 is 2.40 bits per heavy atom. The van der Waals surface area contributed by atoms with E-state index in [9.17, 15) is 0 Å². The molecule has 4 heteroatoms. The summed E-state index contributed by atoms with van der Waals surface area (Å²) in [6.07, 6.45) is 2.90. The van der Waals surface area contributed by atoms with Crippen LogP contribution in [0.2, 0.25) is 0 Å². The highest BCUT2D eigenvalue weighted by molar-refractivity contribution is 5.48. The molecule has 1 atom stereocenters. The van der Waals surface area contributed by atoms with Crippen LogP contribution in [0.25, 0.3) is 0 Å². The van der Waals surface area contributed by atoms with Gasteiger partial charge in [0.15, 0.2) is 0 Å². The van der Waals surface area contributed by atoms with Gasteiger partial charge in [0.2, 0.25) is 0 Å². The lowest BCUT2D eigenvalue weighted by Crippen LogP contribution is -2.20. The monoisotopic (exact) mass is 206 g/mol. The van der Waals surface area contributed by atoms with Crippen molar-refractivity contribution < 1.29 is 0 Å². The third-order valence-corrected chi connectivity index (χ3v) is 2.76. The van der Waals surface area contributed by atoms with Crippen molar-refractivity contribution in [2.75, 3.05) is 29.9 Å². The second kappa shape index (κ2) is 4.47. The Morgan fingerprint density at radius 1 is 1.53 bits per heavy atom. The molecule has 0 bridgehead atoms. The van der Waals surface area contributed by atoms with Gasteiger partial charge >= 0.3 is 0 Å². The summed E-state index contributed by atoms with van der Waals surface area (Å²) < 4.78 is 0. The first kappa shape index (κ1) is 10.2. The minimum absolute atomic E-state index is 0.780. The predicted molar refractivity (Wildman–Crippen MR) is 62.2 cm³/mol. The van der Waals surface area contributed by atoms with E-state index < -0.39 is 0 Å². The topological polar surface area (TPSA) is 41.0 Å². The number of anilines is 2. The minimum atomic E-state index is 0.780. The lowest BCUT2D eigenvalue weighted by atomic mass is 10.2. The molecule has 2 heterocycles. The highest BCUT2D eigenvalue weighted by Crippen LogP contribution is 2.22. The number of aromatic nitrogens is 2. The molecule has 1 aliphatic rings. The lowest BCUT2D eigenvalue weighted by Gasteiger charge is -2.17. The van der Waals surface area contributed by atoms with Crippen molar-refractivity contribution in [1.29, 1.82) is 0 Å². The molecule has 82 valence electrons. The number of nitrogens with one attached hydrogen (secondary N) is 1. The standard InChI is InChI=1S/C11H18N4/c1-3-12-10-6-11(14-8-13-10)15-5-4-9(2)7-15/h6,8-9H,3-5,7H2,1-2H3,(H,12,13,14). The Balaban J connectivity index is 2.10. The first-order chi connectivity index (χ1) is 7.29. The second-order valence-corrected chi connectivity index (χ2v) is 4.13. The van der Waals surface area contributed by atoms with Gasteiger partial charge in [-0.3, -0.25) is 0 Å². The number of nitrogens with zero attached hydrogens (tertiary/aromatic N) is 3. The van der Waals surface area contributed by atoms with Crippen LogP contribution in [-0.2, 0) is 0 Å². The van der Waals surface area contributed by atoms with Gasteiger partial charge in [-0.15, -0.1) is 0 Å². The van der Waals surface area contributed by atoms with Gasteiger partial charge < -0.3 is 10.2 Å². The zero-order chi connectivity index (χ0) is 10.7. The smallest absolute Gasteiger partial charge is 0.134 e. The summed E-state index contributed by atoms with van der Waals surface area (Å²) in [4.78, 5) is 10.8. The molecule has 0 saturated carbocycles. The summed E-state index contributed by atoms with van der Waals surface area (Å²) in [5, 5.41) is 3.20. The van der Waals surface area contributed by atoms with Crippen molar-refractivity contribution in [3.8, 4) is 0 Å². The molecule has 2 rings (SSSR count). The van der Waals surface area contributed by atoms with E-state index in [2.05, 4.69) is 34.0 Å². The van der Waals surface area contributed by atoms with E-state index in [1.54, 1.807) is 6.33 Å². The van der Waals surface area contributed by atoms with E-state index in [1.165, 1.54) is 6.42 Å². The molecule has 1 N–H and O–H groups in total. The van der Waals surface area contributed by atoms with E-state index >= 15 is 0 Å². The van der Waals surface area contributed by atoms with Gasteiger partial charge in [-0.25, -0.2) is 9.97 Å². The van der Waals surface area contributed by atoms with E-state index in [1.807, 2.05) is 6.07 Å². The van der Waals surface area contributed by atoms with Crippen LogP contribution in [0.3, 0.4) is 0 Å². The van der Waals surface area contributed by atoms with Crippen LogP contribution in [-0.4, -0.2) is 29.6 Å². The van der Waals surface area contributed by atoms with Gasteiger partial charge in [0, 0.05) is 25.7 Å². The van der Waals surface area contributed by atoms with Crippen molar-refractivity contribution in [2.24, 2.45) is 5.92 Å². The van der Waals surface area contributed by atoms with Crippen molar-refractivity contribution in [1.82, 2.24) is 9.97 Å². The zero-order valence-electron chi connectivity index (χ0n) is 9.40. The highest BCUT2D eigenvalue weighted by atomic mass is 15.2. The van der Waals surface area contributed by atoms with Gasteiger partial charge in [0.05, 0.1) is 0 Å². The minimum Gasteiger partial charge on any atom is -0.370 e. The lowest BCUT2D eigenvalue weighted by molar-refractivity contribution is 0.659. The number of hydrogen-bond donors (Lipinski definition) is 1. The van der Waals surface area contributed by atoms with Gasteiger partial charge in [0.1, 0.15) is 18.0 Å². The Bertz CT molecular complexity index is 326. The Morgan fingerprint density at radius 3 is 3.07 bits per heavy atom. The molecule has 0 radical (unpaired) electrons. The molecule has 1 aromatic heterocycles. The average Bonchev–Trinajstić information content (AvgIpc) is 2.66. The molecule has 0 amide bonds. The summed E-state index contributed by atoms with van der Waals surface area (Å²) in [6.45, 7) is 7.48. The Labute approximate surface area is 90.7 Å². The highest BCUT2D eigenvalue weighted by Gasteiger charge is 2.19. The Hall–Kier alpha value is -1.32. The molecule has 15 heavy (non-hydrogen) atoms. The molecule has 1 unspecified atom stereocenters. The molecule has 1 saturated heterocycles. The maximum absolute atomic E-state index is 4.31. The third kappa shape index (κ3) is 2.37. The van der Waals surface area contributed by atoms with Crippen LogP contribution in [0.15, 0.2) is 12.4 Å². The van der Waals surface area contributed by atoms with E-state index in [4.69, 9.17) is 0 Å². The van der Waals surface area contributed by atoms with Gasteiger partial charge in [-0.05, 0) is 19.3 Å². The summed E-state index contributed by atoms with van der Waals surface area (Å²) in [7, 11) is 0. The van der Waals surface area contributed by atoms with Crippen molar-refractivity contribution >= 4 is 11.6 Å². The van der Waals surface area contributed by atoms with Gasteiger partial charge in [0.25, 0.3) is 0 Å². The molecule has 0 aliphatic carbocycles. The van der Waals surface area contributed by atoms with Crippen LogP contribution < -0.4 is 10.2 Å². The maximum atomic E-state index is 4.31. The third-order valence-electron chi connectivity index (χ3n) is 2.76. The van der Waals surface area contributed by atoms with E-state index in [0.717, 1.165) is 37.2 Å². The molecule has 4 nitrogen and oxygen atoms in total. The maximum Gasteiger partial charge on any atom is 0.134 e. The zero-order valence-corrected chi connectivity index (χ0v) is 9.40. The molecule has 1 aromatic rings. The molecular weight excluding hydrogens is 188 g/mol. The first-order valence-corrected chi connectivity index (χ1v) is 5.60. The molecule has 1 fully saturated rings. The predicted octanol–water partition coefficient (Wildman–Crippen LogP) is 1.75. The normalized spacial score (nSPS) is 20.7. The molecular formula is C11H18N4.